The molecule has 0 amide bonds. The molecule has 0 spiro atoms. The predicted molar refractivity (Wildman–Crippen MR) is 36.8 cm³/mol. The van der Waals surface area contributed by atoms with Gasteiger partial charge in [-0.25, -0.2) is 0 Å². The van der Waals surface area contributed by atoms with Crippen LogP contribution in [0.4, 0.5) is 0 Å². The maximum atomic E-state index is 7.41. The summed E-state index contributed by atoms with van der Waals surface area (Å²) < 4.78 is 14.8. The highest BCUT2D eigenvalue weighted by Crippen LogP contribution is 2.09. The van der Waals surface area contributed by atoms with E-state index >= 15 is 0 Å². The summed E-state index contributed by atoms with van der Waals surface area (Å²) in [6.07, 6.45) is 6.38. The van der Waals surface area contributed by atoms with Gasteiger partial charge < -0.3 is 0 Å². The third-order valence-corrected chi connectivity index (χ3v) is 1.48. The van der Waals surface area contributed by atoms with Crippen LogP contribution >= 0.6 is 0 Å². The molecule has 0 nitrogen and oxygen atoms in total. The lowest BCUT2D eigenvalue weighted by molar-refractivity contribution is 0.638. The molecule has 0 aromatic rings. The molecule has 0 fully saturated rings. The predicted octanol–water partition coefficient (Wildman–Crippen LogP) is 2.90. The van der Waals surface area contributed by atoms with Crippen LogP contribution in [0.1, 0.15) is 41.3 Å². The van der Waals surface area contributed by atoms with Crippen molar-refractivity contribution < 1.29 is 2.74 Å². The van der Waals surface area contributed by atoms with Crippen LogP contribution in [0.25, 0.3) is 0 Å². The molecule has 0 aliphatic heterocycles. The molecule has 0 heteroatoms. The summed E-state index contributed by atoms with van der Waals surface area (Å²) in [7, 11) is 0. The van der Waals surface area contributed by atoms with Crippen LogP contribution in [0.5, 0.6) is 0 Å². The highest BCUT2D eigenvalue weighted by molar-refractivity contribution is 4.82. The zero-order valence-electron chi connectivity index (χ0n) is 7.24. The summed E-state index contributed by atoms with van der Waals surface area (Å²) in [4.78, 5) is 0. The van der Waals surface area contributed by atoms with E-state index in [4.69, 9.17) is 2.74 Å². The summed E-state index contributed by atoms with van der Waals surface area (Å²) >= 11 is 0. The van der Waals surface area contributed by atoms with Gasteiger partial charge in [-0.2, -0.15) is 0 Å². The lowest BCUT2D eigenvalue weighted by atomic mass is 10.1. The van der Waals surface area contributed by atoms with Gasteiger partial charge in [-0.1, -0.05) is 24.9 Å². The first kappa shape index (κ1) is 3.71. The normalized spacial score (nSPS) is 28.0. The van der Waals surface area contributed by atoms with Crippen LogP contribution in [0, 0.1) is 0 Å². The van der Waals surface area contributed by atoms with Gasteiger partial charge in [-0.05, 0) is 25.7 Å². The molecule has 0 N–H and O–H groups in total. The van der Waals surface area contributed by atoms with Gasteiger partial charge in [-0.15, -0.1) is 0 Å². The van der Waals surface area contributed by atoms with E-state index in [0.29, 0.717) is 12.1 Å². The second-order valence-corrected chi connectivity index (χ2v) is 2.27. The average molecular weight is 112 g/mol. The topological polar surface area (TPSA) is 0 Å². The Hall–Kier alpha value is -0.260. The van der Waals surface area contributed by atoms with E-state index in [2.05, 4.69) is 0 Å². The van der Waals surface area contributed by atoms with Gasteiger partial charge in [-0.3, -0.25) is 0 Å². The smallest absolute Gasteiger partial charge is 0.0572 e. The van der Waals surface area contributed by atoms with Crippen molar-refractivity contribution in [2.24, 2.45) is 0 Å². The summed E-state index contributed by atoms with van der Waals surface area (Å²) in [5.74, 6) is 0. The lowest BCUT2D eigenvalue weighted by Crippen LogP contribution is -1.80. The minimum atomic E-state index is 0.569. The zero-order chi connectivity index (χ0) is 7.40. The Morgan fingerprint density at radius 1 is 0.875 bits per heavy atom. The molecule has 0 unspecified atom stereocenters. The van der Waals surface area contributed by atoms with Gasteiger partial charge in [0.2, 0.25) is 0 Å². The SMILES string of the molecule is [2H]C1=C([2H])CCCCCC1. The molecular weight excluding hydrogens is 96.1 g/mol. The summed E-state index contributed by atoms with van der Waals surface area (Å²) in [6, 6.07) is 1.14. The molecule has 0 aromatic heterocycles. The van der Waals surface area contributed by atoms with Crippen molar-refractivity contribution in [3.05, 3.63) is 12.1 Å². The summed E-state index contributed by atoms with van der Waals surface area (Å²) in [5, 5.41) is 0. The fourth-order valence-corrected chi connectivity index (χ4v) is 0.957. The zero-order valence-corrected chi connectivity index (χ0v) is 5.24. The molecule has 0 saturated heterocycles. The van der Waals surface area contributed by atoms with E-state index in [9.17, 15) is 0 Å². The highest BCUT2D eigenvalue weighted by Gasteiger charge is 1.89. The molecule has 0 aromatic carbocycles. The fraction of sp³-hybridized carbons (Fsp3) is 0.750. The van der Waals surface area contributed by atoms with E-state index in [-0.39, 0.29) is 0 Å². The Labute approximate surface area is 54.4 Å². The second-order valence-electron chi connectivity index (χ2n) is 2.27. The Bertz CT molecular complexity index is 122. The average Bonchev–Trinajstić information content (AvgIpc) is 1.92. The second kappa shape index (κ2) is 3.71. The van der Waals surface area contributed by atoms with E-state index in [0.717, 1.165) is 25.7 Å². The van der Waals surface area contributed by atoms with Gasteiger partial charge in [0.25, 0.3) is 0 Å². The molecular formula is C8H14. The molecule has 1 aliphatic carbocycles. The van der Waals surface area contributed by atoms with Crippen molar-refractivity contribution in [2.45, 2.75) is 38.5 Å². The monoisotopic (exact) mass is 112 g/mol. The molecule has 0 bridgehead atoms. The maximum absolute atomic E-state index is 7.41. The molecule has 0 heterocycles. The van der Waals surface area contributed by atoms with Crippen LogP contribution in [0.15, 0.2) is 12.1 Å². The Morgan fingerprint density at radius 3 is 1.88 bits per heavy atom. The first-order valence-electron chi connectivity index (χ1n) is 4.46. The van der Waals surface area contributed by atoms with Crippen molar-refractivity contribution in [1.29, 1.82) is 0 Å². The summed E-state index contributed by atoms with van der Waals surface area (Å²) in [5.41, 5.74) is 0. The highest BCUT2D eigenvalue weighted by atomic mass is 14.0. The minimum Gasteiger partial charge on any atom is -0.0885 e. The fourth-order valence-electron chi connectivity index (χ4n) is 0.957. The van der Waals surface area contributed by atoms with Crippen molar-refractivity contribution >= 4 is 0 Å². The van der Waals surface area contributed by atoms with Gasteiger partial charge in [0, 0.05) is 0 Å². The van der Waals surface area contributed by atoms with E-state index in [1.807, 2.05) is 0 Å². The molecule has 46 valence electrons. The van der Waals surface area contributed by atoms with Crippen molar-refractivity contribution in [3.63, 3.8) is 0 Å². The summed E-state index contributed by atoms with van der Waals surface area (Å²) in [6.45, 7) is 0. The Morgan fingerprint density at radius 2 is 1.38 bits per heavy atom. The third-order valence-electron chi connectivity index (χ3n) is 1.48. The van der Waals surface area contributed by atoms with E-state index in [1.165, 1.54) is 12.8 Å². The van der Waals surface area contributed by atoms with Crippen molar-refractivity contribution in [1.82, 2.24) is 0 Å². The number of allylic oxidation sites excluding steroid dienone is 2. The molecule has 0 atom stereocenters. The van der Waals surface area contributed by atoms with Crippen LogP contribution < -0.4 is 0 Å². The molecule has 8 heavy (non-hydrogen) atoms. The van der Waals surface area contributed by atoms with Crippen LogP contribution in [0.2, 0.25) is 0 Å². The van der Waals surface area contributed by atoms with Crippen molar-refractivity contribution in [3.8, 4) is 0 Å². The van der Waals surface area contributed by atoms with Gasteiger partial charge >= 0.3 is 0 Å². The number of hydrogen-bond acceptors (Lipinski definition) is 0. The third kappa shape index (κ3) is 2.15. The Balaban J connectivity index is 2.51. The van der Waals surface area contributed by atoms with Crippen LogP contribution in [-0.2, 0) is 0 Å². The number of rotatable bonds is 0. The lowest BCUT2D eigenvalue weighted by Gasteiger charge is -2.00. The van der Waals surface area contributed by atoms with Gasteiger partial charge in [0.1, 0.15) is 0 Å². The molecule has 0 saturated carbocycles. The Kier molecular flexibility index (Phi) is 1.72. The largest absolute Gasteiger partial charge is 0.0885 e. The number of hydrogen-bond donors (Lipinski definition) is 0. The quantitative estimate of drug-likeness (QED) is 0.423. The maximum Gasteiger partial charge on any atom is 0.0572 e. The van der Waals surface area contributed by atoms with Crippen LogP contribution in [-0.4, -0.2) is 0 Å². The molecule has 1 rings (SSSR count). The standard InChI is InChI=1S/C8H14/c1-2-4-6-8-7-5-3-1/h1-2H,3-8H2/i1D,2D. The molecule has 0 radical (unpaired) electrons. The van der Waals surface area contributed by atoms with Crippen LogP contribution in [0.3, 0.4) is 0 Å². The van der Waals surface area contributed by atoms with Gasteiger partial charge in [0.05, 0.1) is 2.74 Å². The first-order valence-corrected chi connectivity index (χ1v) is 3.46. The minimum absolute atomic E-state index is 0.569. The first-order chi connectivity index (χ1) is 4.80. The van der Waals surface area contributed by atoms with E-state index in [1.54, 1.807) is 0 Å². The van der Waals surface area contributed by atoms with E-state index < -0.39 is 0 Å². The molecule has 1 aliphatic rings. The van der Waals surface area contributed by atoms with Gasteiger partial charge in [0.15, 0.2) is 0 Å². The van der Waals surface area contributed by atoms with Crippen molar-refractivity contribution in [2.75, 3.05) is 0 Å².